The first-order valence-corrected chi connectivity index (χ1v) is 7.28. The standard InChI is InChI=1S/C14H17N3S/c1-2-13-16-14(18-17-13)15-12-8-7-10-5-3-4-6-11(10)9-12/h3-6,12H,2,7-9H2,1H3,(H,15,16,17). The van der Waals surface area contributed by atoms with Gasteiger partial charge < -0.3 is 5.32 Å². The lowest BCUT2D eigenvalue weighted by atomic mass is 9.88. The van der Waals surface area contributed by atoms with Crippen molar-refractivity contribution >= 4 is 16.7 Å². The van der Waals surface area contributed by atoms with Gasteiger partial charge in [-0.1, -0.05) is 31.2 Å². The molecule has 0 bridgehead atoms. The molecule has 1 atom stereocenters. The highest BCUT2D eigenvalue weighted by Crippen LogP contribution is 2.24. The summed E-state index contributed by atoms with van der Waals surface area (Å²) in [6, 6.07) is 9.23. The molecule has 1 aliphatic carbocycles. The molecule has 0 radical (unpaired) electrons. The van der Waals surface area contributed by atoms with Crippen molar-refractivity contribution in [2.45, 2.75) is 38.6 Å². The second kappa shape index (κ2) is 5.06. The predicted octanol–water partition coefficient (Wildman–Crippen LogP) is 3.07. The van der Waals surface area contributed by atoms with Crippen LogP contribution in [0.4, 0.5) is 5.13 Å². The van der Waals surface area contributed by atoms with E-state index in [1.54, 1.807) is 0 Å². The van der Waals surface area contributed by atoms with E-state index in [4.69, 9.17) is 0 Å². The van der Waals surface area contributed by atoms with Crippen LogP contribution in [0.5, 0.6) is 0 Å². The second-order valence-corrected chi connectivity index (χ2v) is 5.47. The summed E-state index contributed by atoms with van der Waals surface area (Å²) in [6.45, 7) is 2.09. The maximum atomic E-state index is 4.48. The maximum absolute atomic E-state index is 4.48. The van der Waals surface area contributed by atoms with Gasteiger partial charge in [0.05, 0.1) is 0 Å². The van der Waals surface area contributed by atoms with Gasteiger partial charge in [-0.25, -0.2) is 4.98 Å². The number of hydrogen-bond acceptors (Lipinski definition) is 4. The molecule has 1 aromatic heterocycles. The molecule has 1 unspecified atom stereocenters. The molecule has 18 heavy (non-hydrogen) atoms. The molecular formula is C14H17N3S. The highest BCUT2D eigenvalue weighted by atomic mass is 32.1. The van der Waals surface area contributed by atoms with E-state index in [-0.39, 0.29) is 0 Å². The molecular weight excluding hydrogens is 242 g/mol. The quantitative estimate of drug-likeness (QED) is 0.920. The molecule has 0 aliphatic heterocycles. The van der Waals surface area contributed by atoms with E-state index in [1.165, 1.54) is 29.1 Å². The molecule has 1 heterocycles. The Balaban J connectivity index is 1.69. The largest absolute Gasteiger partial charge is 0.357 e. The van der Waals surface area contributed by atoms with Crippen LogP contribution in [0.15, 0.2) is 24.3 Å². The normalized spacial score (nSPS) is 18.4. The highest BCUT2D eigenvalue weighted by Gasteiger charge is 2.18. The van der Waals surface area contributed by atoms with E-state index >= 15 is 0 Å². The Morgan fingerprint density at radius 3 is 2.94 bits per heavy atom. The zero-order valence-corrected chi connectivity index (χ0v) is 11.3. The third kappa shape index (κ3) is 2.38. The average molecular weight is 259 g/mol. The molecule has 0 spiro atoms. The Bertz CT molecular complexity index is 535. The van der Waals surface area contributed by atoms with Crippen LogP contribution in [-0.4, -0.2) is 15.4 Å². The lowest BCUT2D eigenvalue weighted by Gasteiger charge is -2.24. The molecule has 0 saturated carbocycles. The summed E-state index contributed by atoms with van der Waals surface area (Å²) in [7, 11) is 0. The highest BCUT2D eigenvalue weighted by molar-refractivity contribution is 7.09. The molecule has 3 rings (SSSR count). The van der Waals surface area contributed by atoms with Crippen LogP contribution < -0.4 is 5.32 Å². The number of nitrogens with zero attached hydrogens (tertiary/aromatic N) is 2. The van der Waals surface area contributed by atoms with Crippen LogP contribution in [0.3, 0.4) is 0 Å². The molecule has 0 fully saturated rings. The van der Waals surface area contributed by atoms with E-state index in [0.29, 0.717) is 6.04 Å². The van der Waals surface area contributed by atoms with Crippen molar-refractivity contribution in [3.05, 3.63) is 41.2 Å². The minimum atomic E-state index is 0.498. The zero-order chi connectivity index (χ0) is 12.4. The number of benzene rings is 1. The number of nitrogens with one attached hydrogen (secondary N) is 1. The molecule has 4 heteroatoms. The number of hydrogen-bond donors (Lipinski definition) is 1. The van der Waals surface area contributed by atoms with E-state index in [9.17, 15) is 0 Å². The van der Waals surface area contributed by atoms with Gasteiger partial charge in [0.2, 0.25) is 5.13 Å². The number of rotatable bonds is 3. The fourth-order valence-electron chi connectivity index (χ4n) is 2.45. The number of anilines is 1. The van der Waals surface area contributed by atoms with Gasteiger partial charge in [-0.2, -0.15) is 4.37 Å². The van der Waals surface area contributed by atoms with E-state index in [0.717, 1.165) is 30.2 Å². The van der Waals surface area contributed by atoms with Crippen LogP contribution in [0.2, 0.25) is 0 Å². The van der Waals surface area contributed by atoms with Crippen LogP contribution in [0.25, 0.3) is 0 Å². The summed E-state index contributed by atoms with van der Waals surface area (Å²) in [5.41, 5.74) is 2.98. The lowest BCUT2D eigenvalue weighted by Crippen LogP contribution is -2.27. The first-order chi connectivity index (χ1) is 8.85. The summed E-state index contributed by atoms with van der Waals surface area (Å²) >= 11 is 1.48. The van der Waals surface area contributed by atoms with Crippen LogP contribution in [0, 0.1) is 0 Å². The Kier molecular flexibility index (Phi) is 3.28. The average Bonchev–Trinajstić information content (AvgIpc) is 2.86. The molecule has 0 saturated heterocycles. The summed E-state index contributed by atoms with van der Waals surface area (Å²) in [5.74, 6) is 0.943. The van der Waals surface area contributed by atoms with Crippen molar-refractivity contribution in [1.82, 2.24) is 9.36 Å². The zero-order valence-electron chi connectivity index (χ0n) is 10.5. The molecule has 94 valence electrons. The van der Waals surface area contributed by atoms with E-state index < -0.39 is 0 Å². The number of fused-ring (bicyclic) bond motifs is 1. The fraction of sp³-hybridized carbons (Fsp3) is 0.429. The Morgan fingerprint density at radius 1 is 1.33 bits per heavy atom. The van der Waals surface area contributed by atoms with Gasteiger partial charge in [0.25, 0.3) is 0 Å². The summed E-state index contributed by atoms with van der Waals surface area (Å²) in [4.78, 5) is 4.48. The van der Waals surface area contributed by atoms with Gasteiger partial charge in [-0.15, -0.1) is 0 Å². The molecule has 1 aliphatic rings. The Labute approximate surface area is 111 Å². The summed E-state index contributed by atoms with van der Waals surface area (Å²) in [5, 5.41) is 4.49. The van der Waals surface area contributed by atoms with Gasteiger partial charge in [0.1, 0.15) is 5.82 Å². The van der Waals surface area contributed by atoms with E-state index in [2.05, 4.69) is 45.9 Å². The summed E-state index contributed by atoms with van der Waals surface area (Å²) in [6.07, 6.45) is 4.34. The molecule has 1 N–H and O–H groups in total. The van der Waals surface area contributed by atoms with Crippen LogP contribution in [-0.2, 0) is 19.3 Å². The van der Waals surface area contributed by atoms with Crippen LogP contribution >= 0.6 is 11.5 Å². The predicted molar refractivity (Wildman–Crippen MR) is 75.2 cm³/mol. The monoisotopic (exact) mass is 259 g/mol. The Hall–Kier alpha value is -1.42. The van der Waals surface area contributed by atoms with Gasteiger partial charge in [-0.05, 0) is 30.4 Å². The minimum Gasteiger partial charge on any atom is -0.357 e. The third-order valence-corrected chi connectivity index (χ3v) is 4.14. The third-order valence-electron chi connectivity index (χ3n) is 3.46. The van der Waals surface area contributed by atoms with Crippen molar-refractivity contribution in [2.24, 2.45) is 0 Å². The van der Waals surface area contributed by atoms with Gasteiger partial charge in [0.15, 0.2) is 0 Å². The Morgan fingerprint density at radius 2 is 2.17 bits per heavy atom. The molecule has 1 aromatic carbocycles. The SMILES string of the molecule is CCc1nsc(NC2CCc3ccccc3C2)n1. The number of aryl methyl sites for hydroxylation is 2. The van der Waals surface area contributed by atoms with Gasteiger partial charge in [-0.3, -0.25) is 0 Å². The first-order valence-electron chi connectivity index (χ1n) is 6.51. The van der Waals surface area contributed by atoms with Crippen molar-refractivity contribution in [3.63, 3.8) is 0 Å². The fourth-order valence-corrected chi connectivity index (χ4v) is 3.18. The van der Waals surface area contributed by atoms with Gasteiger partial charge >= 0.3 is 0 Å². The van der Waals surface area contributed by atoms with Gasteiger partial charge in [0, 0.05) is 24.0 Å². The number of aromatic nitrogens is 2. The van der Waals surface area contributed by atoms with E-state index in [1.807, 2.05) is 0 Å². The second-order valence-electron chi connectivity index (χ2n) is 4.72. The van der Waals surface area contributed by atoms with Crippen molar-refractivity contribution < 1.29 is 0 Å². The molecule has 0 amide bonds. The summed E-state index contributed by atoms with van der Waals surface area (Å²) < 4.78 is 4.31. The maximum Gasteiger partial charge on any atom is 0.202 e. The minimum absolute atomic E-state index is 0.498. The lowest BCUT2D eigenvalue weighted by molar-refractivity contribution is 0.610. The molecule has 3 nitrogen and oxygen atoms in total. The van der Waals surface area contributed by atoms with Crippen molar-refractivity contribution in [3.8, 4) is 0 Å². The van der Waals surface area contributed by atoms with Crippen molar-refractivity contribution in [1.29, 1.82) is 0 Å². The molecule has 2 aromatic rings. The van der Waals surface area contributed by atoms with Crippen LogP contribution in [0.1, 0.15) is 30.3 Å². The smallest absolute Gasteiger partial charge is 0.202 e. The topological polar surface area (TPSA) is 37.8 Å². The first kappa shape index (κ1) is 11.7. The van der Waals surface area contributed by atoms with Crippen molar-refractivity contribution in [2.75, 3.05) is 5.32 Å².